The Hall–Kier alpha value is -2.46. The van der Waals surface area contributed by atoms with E-state index >= 15 is 0 Å². The largest absolute Gasteiger partial charge is 0.477 e. The topological polar surface area (TPSA) is 147 Å². The van der Waals surface area contributed by atoms with Crippen LogP contribution in [0.4, 0.5) is 5.13 Å². The number of amides is 1. The number of hydrogen-bond donors (Lipinski definition) is 3. The highest BCUT2D eigenvalue weighted by Crippen LogP contribution is 2.30. The predicted molar refractivity (Wildman–Crippen MR) is 106 cm³/mol. The Balaban J connectivity index is 1.74. The molecule has 0 aliphatic carbocycles. The average molecular weight is 444 g/mol. The number of H-pyrrole nitrogens is 1. The van der Waals surface area contributed by atoms with E-state index in [2.05, 4.69) is 25.3 Å². The molecule has 0 radical (unpaired) electrons. The SMILES string of the molecule is Cc1[nH]c(C(=O)N[C@H]2CCN(c3ncc(C(=O)O)s3)C[C@H]2N=[N+]=[N-])c(Cl)c1Cl. The molecule has 1 fully saturated rings. The predicted octanol–water partition coefficient (Wildman–Crippen LogP) is 3.47. The molecule has 3 N–H and O–H groups in total. The van der Waals surface area contributed by atoms with Crippen LogP contribution in [0.2, 0.25) is 10.0 Å². The minimum absolute atomic E-state index is 0.124. The molecule has 1 saturated heterocycles. The Labute approximate surface area is 173 Å². The summed E-state index contributed by atoms with van der Waals surface area (Å²) in [7, 11) is 0. The zero-order valence-corrected chi connectivity index (χ0v) is 16.8. The fraction of sp³-hybridized carbons (Fsp3) is 0.400. The van der Waals surface area contributed by atoms with E-state index in [1.165, 1.54) is 6.20 Å². The standard InChI is InChI=1S/C15H15Cl2N7O3S/c1-6-10(16)11(17)12(20-6)13(25)21-7-2-3-24(5-8(7)22-23-18)15-19-4-9(28-15)14(26)27/h4,7-8,20H,2-3,5H2,1H3,(H,21,25)(H,26,27)/t7-,8+/m0/s1. The molecule has 10 nitrogen and oxygen atoms in total. The number of halogens is 2. The average Bonchev–Trinajstić information content (AvgIpc) is 3.25. The van der Waals surface area contributed by atoms with Crippen molar-refractivity contribution < 1.29 is 14.7 Å². The van der Waals surface area contributed by atoms with Crippen molar-refractivity contribution in [2.75, 3.05) is 18.0 Å². The number of aryl methyl sites for hydroxylation is 1. The first-order valence-corrected chi connectivity index (χ1v) is 9.71. The molecule has 0 bridgehead atoms. The first-order valence-electron chi connectivity index (χ1n) is 8.14. The molecule has 0 unspecified atom stereocenters. The lowest BCUT2D eigenvalue weighted by Gasteiger charge is -2.36. The number of aromatic amines is 1. The zero-order valence-electron chi connectivity index (χ0n) is 14.5. The van der Waals surface area contributed by atoms with Crippen molar-refractivity contribution in [3.8, 4) is 0 Å². The van der Waals surface area contributed by atoms with Gasteiger partial charge in [0, 0.05) is 29.7 Å². The molecule has 3 heterocycles. The van der Waals surface area contributed by atoms with Crippen molar-refractivity contribution in [2.24, 2.45) is 5.11 Å². The molecule has 0 aromatic carbocycles. The van der Waals surface area contributed by atoms with Gasteiger partial charge in [0.2, 0.25) is 0 Å². The van der Waals surface area contributed by atoms with Crippen LogP contribution in [0.1, 0.15) is 32.3 Å². The van der Waals surface area contributed by atoms with Crippen LogP contribution in [0.3, 0.4) is 0 Å². The van der Waals surface area contributed by atoms with Crippen molar-refractivity contribution in [3.63, 3.8) is 0 Å². The Kier molecular flexibility index (Phi) is 5.99. The maximum absolute atomic E-state index is 12.6. The van der Waals surface area contributed by atoms with Crippen molar-refractivity contribution in [3.05, 3.63) is 42.9 Å². The number of carboxylic acids is 1. The lowest BCUT2D eigenvalue weighted by atomic mass is 10.00. The number of nitrogens with zero attached hydrogens (tertiary/aromatic N) is 5. The number of aromatic nitrogens is 2. The van der Waals surface area contributed by atoms with Crippen molar-refractivity contribution in [1.82, 2.24) is 15.3 Å². The Bertz CT molecular complexity index is 969. The zero-order chi connectivity index (χ0) is 20.4. The third kappa shape index (κ3) is 4.02. The number of nitrogens with one attached hydrogen (secondary N) is 2. The van der Waals surface area contributed by atoms with Gasteiger partial charge in [-0.05, 0) is 18.9 Å². The Morgan fingerprint density at radius 3 is 2.82 bits per heavy atom. The Morgan fingerprint density at radius 2 is 2.25 bits per heavy atom. The first-order chi connectivity index (χ1) is 13.3. The van der Waals surface area contributed by atoms with Gasteiger partial charge < -0.3 is 20.3 Å². The fourth-order valence-corrected chi connectivity index (χ4v) is 4.14. The van der Waals surface area contributed by atoms with Crippen LogP contribution in [0.25, 0.3) is 10.4 Å². The Morgan fingerprint density at radius 1 is 1.50 bits per heavy atom. The normalized spacial score (nSPS) is 19.2. The van der Waals surface area contributed by atoms with Gasteiger partial charge in [-0.1, -0.05) is 39.7 Å². The molecule has 2 atom stereocenters. The second kappa shape index (κ2) is 8.27. The van der Waals surface area contributed by atoms with Crippen LogP contribution in [-0.4, -0.2) is 52.1 Å². The summed E-state index contributed by atoms with van der Waals surface area (Å²) in [6.07, 6.45) is 1.76. The molecular formula is C15H15Cl2N7O3S. The summed E-state index contributed by atoms with van der Waals surface area (Å²) in [5, 5.41) is 16.6. The number of hydrogen-bond acceptors (Lipinski definition) is 6. The summed E-state index contributed by atoms with van der Waals surface area (Å²) >= 11 is 13.1. The highest BCUT2D eigenvalue weighted by Gasteiger charge is 2.32. The van der Waals surface area contributed by atoms with Crippen LogP contribution >= 0.6 is 34.5 Å². The van der Waals surface area contributed by atoms with Crippen LogP contribution in [0, 0.1) is 6.92 Å². The summed E-state index contributed by atoms with van der Waals surface area (Å²) in [4.78, 5) is 35.4. The lowest BCUT2D eigenvalue weighted by molar-refractivity contribution is 0.0701. The highest BCUT2D eigenvalue weighted by atomic mass is 35.5. The summed E-state index contributed by atoms with van der Waals surface area (Å²) in [6, 6.07) is -0.984. The van der Waals surface area contributed by atoms with E-state index in [-0.39, 0.29) is 20.6 Å². The van der Waals surface area contributed by atoms with Gasteiger partial charge in [-0.3, -0.25) is 4.79 Å². The van der Waals surface area contributed by atoms with E-state index in [1.54, 1.807) is 6.92 Å². The van der Waals surface area contributed by atoms with Crippen LogP contribution in [0.5, 0.6) is 0 Å². The second-order valence-corrected chi connectivity index (χ2v) is 7.92. The number of thiazole rings is 1. The first kappa shape index (κ1) is 20.3. The van der Waals surface area contributed by atoms with Crippen molar-refractivity contribution in [2.45, 2.75) is 25.4 Å². The number of carbonyl (C=O) groups excluding carboxylic acids is 1. The van der Waals surface area contributed by atoms with E-state index in [0.717, 1.165) is 11.3 Å². The van der Waals surface area contributed by atoms with Gasteiger partial charge in [0.05, 0.1) is 22.3 Å². The van der Waals surface area contributed by atoms with Gasteiger partial charge in [0.1, 0.15) is 10.6 Å². The molecule has 0 spiro atoms. The minimum atomic E-state index is -1.05. The number of carbonyl (C=O) groups is 2. The number of carboxylic acid groups (broad SMARTS) is 1. The van der Waals surface area contributed by atoms with E-state index in [9.17, 15) is 9.59 Å². The van der Waals surface area contributed by atoms with Crippen molar-refractivity contribution in [1.29, 1.82) is 0 Å². The molecule has 0 saturated carbocycles. The van der Waals surface area contributed by atoms with Gasteiger partial charge in [-0.25, -0.2) is 9.78 Å². The van der Waals surface area contributed by atoms with Gasteiger partial charge >= 0.3 is 5.97 Å². The monoisotopic (exact) mass is 443 g/mol. The lowest BCUT2D eigenvalue weighted by Crippen LogP contribution is -2.53. The molecule has 1 amide bonds. The van der Waals surface area contributed by atoms with Gasteiger partial charge in [0.25, 0.3) is 5.91 Å². The molecule has 148 valence electrons. The summed E-state index contributed by atoms with van der Waals surface area (Å²) in [5.74, 6) is -1.49. The second-order valence-electron chi connectivity index (χ2n) is 6.15. The minimum Gasteiger partial charge on any atom is -0.477 e. The molecule has 1 aliphatic heterocycles. The van der Waals surface area contributed by atoms with Gasteiger partial charge in [-0.2, -0.15) is 0 Å². The van der Waals surface area contributed by atoms with Gasteiger partial charge in [0.15, 0.2) is 5.13 Å². The molecule has 2 aromatic heterocycles. The van der Waals surface area contributed by atoms with Crippen LogP contribution in [-0.2, 0) is 0 Å². The number of piperidine rings is 1. The number of rotatable bonds is 5. The summed E-state index contributed by atoms with van der Waals surface area (Å²) in [6.45, 7) is 2.50. The summed E-state index contributed by atoms with van der Waals surface area (Å²) < 4.78 is 0. The third-order valence-electron chi connectivity index (χ3n) is 4.35. The van der Waals surface area contributed by atoms with E-state index in [1.807, 2.05) is 4.90 Å². The number of aromatic carboxylic acids is 1. The van der Waals surface area contributed by atoms with Crippen LogP contribution in [0.15, 0.2) is 11.3 Å². The maximum atomic E-state index is 12.6. The number of anilines is 1. The molecule has 13 heteroatoms. The molecule has 2 aromatic rings. The molecule has 3 rings (SSSR count). The molecular weight excluding hydrogens is 429 g/mol. The number of azide groups is 1. The quantitative estimate of drug-likeness (QED) is 0.367. The van der Waals surface area contributed by atoms with E-state index < -0.39 is 24.0 Å². The maximum Gasteiger partial charge on any atom is 0.347 e. The van der Waals surface area contributed by atoms with Crippen molar-refractivity contribution >= 4 is 51.5 Å². The van der Waals surface area contributed by atoms with E-state index in [4.69, 9.17) is 33.8 Å². The molecule has 28 heavy (non-hydrogen) atoms. The molecule has 1 aliphatic rings. The fourth-order valence-electron chi connectivity index (χ4n) is 2.94. The third-order valence-corrected chi connectivity index (χ3v) is 6.35. The smallest absolute Gasteiger partial charge is 0.347 e. The van der Waals surface area contributed by atoms with E-state index in [0.29, 0.717) is 30.3 Å². The van der Waals surface area contributed by atoms with Crippen LogP contribution < -0.4 is 10.2 Å². The van der Waals surface area contributed by atoms with Gasteiger partial charge in [-0.15, -0.1) is 0 Å². The summed E-state index contributed by atoms with van der Waals surface area (Å²) in [5.41, 5.74) is 9.63. The highest BCUT2D eigenvalue weighted by molar-refractivity contribution is 7.17.